The maximum atomic E-state index is 13.7. The molecule has 7 N–H and O–H groups in total. The van der Waals surface area contributed by atoms with E-state index in [0.29, 0.717) is 24.8 Å². The number of carboxylic acid groups (broad SMARTS) is 2. The van der Waals surface area contributed by atoms with Gasteiger partial charge in [-0.05, 0) is 55.4 Å². The molecule has 4 rings (SSSR count). The number of phenols is 1. The number of likely N-dealkylation sites (tertiary alicyclic amines) is 2. The van der Waals surface area contributed by atoms with Crippen LogP contribution in [0.3, 0.4) is 0 Å². The van der Waals surface area contributed by atoms with E-state index in [2.05, 4.69) is 10.6 Å². The van der Waals surface area contributed by atoms with Crippen LogP contribution < -0.4 is 16.4 Å². The van der Waals surface area contributed by atoms with Crippen LogP contribution in [-0.4, -0.2) is 104 Å². The van der Waals surface area contributed by atoms with E-state index in [9.17, 15) is 44.1 Å². The first-order chi connectivity index (χ1) is 21.9. The Morgan fingerprint density at radius 3 is 1.93 bits per heavy atom. The van der Waals surface area contributed by atoms with E-state index in [-0.39, 0.29) is 38.1 Å². The number of nitrogens with one attached hydrogen (secondary N) is 2. The third-order valence-corrected chi connectivity index (χ3v) is 8.28. The number of nitrogens with zero attached hydrogens (tertiary/aromatic N) is 2. The third kappa shape index (κ3) is 8.59. The second-order valence-corrected chi connectivity index (χ2v) is 11.6. The van der Waals surface area contributed by atoms with E-state index in [1.165, 1.54) is 21.9 Å². The van der Waals surface area contributed by atoms with Crippen molar-refractivity contribution in [3.05, 3.63) is 65.7 Å². The normalized spacial score (nSPS) is 19.6. The molecular weight excluding hydrogens is 598 g/mol. The van der Waals surface area contributed by atoms with Crippen LogP contribution in [0.15, 0.2) is 54.6 Å². The summed E-state index contributed by atoms with van der Waals surface area (Å²) in [5, 5.41) is 33.8. The van der Waals surface area contributed by atoms with E-state index >= 15 is 0 Å². The number of hydrogen-bond acceptors (Lipinski definition) is 8. The summed E-state index contributed by atoms with van der Waals surface area (Å²) >= 11 is 0. The van der Waals surface area contributed by atoms with Crippen LogP contribution in [0.25, 0.3) is 0 Å². The maximum Gasteiger partial charge on any atom is 0.326 e. The first kappa shape index (κ1) is 33.9. The molecule has 0 aromatic heterocycles. The van der Waals surface area contributed by atoms with Crippen LogP contribution in [0.5, 0.6) is 5.75 Å². The number of amides is 4. The quantitative estimate of drug-likeness (QED) is 0.173. The van der Waals surface area contributed by atoms with Gasteiger partial charge in [0.05, 0.1) is 12.5 Å². The summed E-state index contributed by atoms with van der Waals surface area (Å²) in [7, 11) is 0. The van der Waals surface area contributed by atoms with Crippen molar-refractivity contribution in [3.63, 3.8) is 0 Å². The molecule has 46 heavy (non-hydrogen) atoms. The predicted octanol–water partition coefficient (Wildman–Crippen LogP) is 0.0156. The van der Waals surface area contributed by atoms with Gasteiger partial charge in [0, 0.05) is 19.5 Å². The fraction of sp³-hybridized carbons (Fsp3) is 0.438. The van der Waals surface area contributed by atoms with Crippen molar-refractivity contribution in [1.82, 2.24) is 20.4 Å². The zero-order chi connectivity index (χ0) is 33.4. The Balaban J connectivity index is 1.48. The molecule has 2 heterocycles. The highest BCUT2D eigenvalue weighted by Crippen LogP contribution is 2.22. The zero-order valence-electron chi connectivity index (χ0n) is 25.2. The molecule has 0 aliphatic carbocycles. The second kappa shape index (κ2) is 15.3. The minimum absolute atomic E-state index is 0.0364. The number of aliphatic carboxylic acids is 2. The summed E-state index contributed by atoms with van der Waals surface area (Å²) in [4.78, 5) is 79.8. The van der Waals surface area contributed by atoms with Crippen LogP contribution in [-0.2, 0) is 41.6 Å². The standard InChI is InChI=1S/C32H39N5O9/c33-22(16-20-10-12-21(38)13-11-20)28(41)34-24(18-27(39)40)31(44)36-14-4-8-25(36)29(42)35-23(17-19-6-2-1-3-7-19)30(43)37-15-5-9-26(37)32(45)46/h1-3,6-7,10-13,22-26,38H,4-5,8-9,14-18,33H2,(H,34,41)(H,35,42)(H,39,40)(H,45,46)/t22-,23-,24-,25-,26-/m0/s1. The van der Waals surface area contributed by atoms with Crippen molar-refractivity contribution in [1.29, 1.82) is 0 Å². The van der Waals surface area contributed by atoms with Gasteiger partial charge in [-0.1, -0.05) is 42.5 Å². The van der Waals surface area contributed by atoms with Crippen molar-refractivity contribution < 1.29 is 44.1 Å². The molecule has 14 heteroatoms. The molecule has 2 aliphatic rings. The maximum absolute atomic E-state index is 13.7. The number of hydrogen-bond donors (Lipinski definition) is 6. The van der Waals surface area contributed by atoms with Crippen LogP contribution in [0.2, 0.25) is 0 Å². The molecule has 2 aliphatic heterocycles. The first-order valence-electron chi connectivity index (χ1n) is 15.2. The van der Waals surface area contributed by atoms with E-state index < -0.39 is 72.2 Å². The number of rotatable bonds is 13. The number of carbonyl (C=O) groups excluding carboxylic acids is 4. The Morgan fingerprint density at radius 2 is 1.33 bits per heavy atom. The smallest absolute Gasteiger partial charge is 0.326 e. The lowest BCUT2D eigenvalue weighted by Gasteiger charge is -2.31. The van der Waals surface area contributed by atoms with Crippen molar-refractivity contribution in [3.8, 4) is 5.75 Å². The van der Waals surface area contributed by atoms with E-state index in [1.54, 1.807) is 42.5 Å². The third-order valence-electron chi connectivity index (χ3n) is 8.28. The summed E-state index contributed by atoms with van der Waals surface area (Å²) in [6.45, 7) is 0.351. The molecule has 0 spiro atoms. The molecule has 4 amide bonds. The fourth-order valence-electron chi connectivity index (χ4n) is 5.94. The number of nitrogens with two attached hydrogens (primary N) is 1. The molecule has 5 atom stereocenters. The molecule has 14 nitrogen and oxygen atoms in total. The minimum Gasteiger partial charge on any atom is -0.508 e. The first-order valence-corrected chi connectivity index (χ1v) is 15.2. The summed E-state index contributed by atoms with van der Waals surface area (Å²) in [6.07, 6.45) is 0.864. The predicted molar refractivity (Wildman–Crippen MR) is 163 cm³/mol. The topological polar surface area (TPSA) is 220 Å². The molecule has 0 radical (unpaired) electrons. The Labute approximate surface area is 265 Å². The van der Waals surface area contributed by atoms with Crippen molar-refractivity contribution >= 4 is 35.6 Å². The Bertz CT molecular complexity index is 1440. The highest BCUT2D eigenvalue weighted by atomic mass is 16.4. The highest BCUT2D eigenvalue weighted by Gasteiger charge is 2.42. The van der Waals surface area contributed by atoms with Gasteiger partial charge in [0.15, 0.2) is 0 Å². The second-order valence-electron chi connectivity index (χ2n) is 11.6. The molecule has 246 valence electrons. The Morgan fingerprint density at radius 1 is 0.761 bits per heavy atom. The van der Waals surface area contributed by atoms with Crippen LogP contribution in [0.4, 0.5) is 0 Å². The lowest BCUT2D eigenvalue weighted by atomic mass is 10.0. The SMILES string of the molecule is N[C@@H](Cc1ccc(O)cc1)C(=O)N[C@@H](CC(=O)O)C(=O)N1CCC[C@H]1C(=O)N[C@@H](Cc1ccccc1)C(=O)N1CCC[C@H]1C(=O)O. The van der Waals surface area contributed by atoms with Crippen LogP contribution in [0, 0.1) is 0 Å². The molecule has 2 saturated heterocycles. The number of carbonyl (C=O) groups is 6. The van der Waals surface area contributed by atoms with Gasteiger partial charge < -0.3 is 41.5 Å². The minimum atomic E-state index is -1.51. The fourth-order valence-corrected chi connectivity index (χ4v) is 5.94. The van der Waals surface area contributed by atoms with Gasteiger partial charge in [-0.25, -0.2) is 4.79 Å². The molecule has 2 aromatic carbocycles. The number of carboxylic acids is 2. The molecule has 2 aromatic rings. The molecule has 0 bridgehead atoms. The largest absolute Gasteiger partial charge is 0.508 e. The van der Waals surface area contributed by atoms with E-state index in [0.717, 1.165) is 5.56 Å². The summed E-state index contributed by atoms with van der Waals surface area (Å²) in [5.41, 5.74) is 7.41. The van der Waals surface area contributed by atoms with Crippen molar-refractivity contribution in [2.24, 2.45) is 5.73 Å². The van der Waals surface area contributed by atoms with Gasteiger partial charge in [0.1, 0.15) is 29.9 Å². The Hall–Kier alpha value is -4.98. The Kier molecular flexibility index (Phi) is 11.3. The number of benzene rings is 2. The van der Waals surface area contributed by atoms with E-state index in [1.807, 2.05) is 0 Å². The van der Waals surface area contributed by atoms with Gasteiger partial charge in [0.25, 0.3) is 0 Å². The van der Waals surface area contributed by atoms with Gasteiger partial charge in [-0.15, -0.1) is 0 Å². The summed E-state index contributed by atoms with van der Waals surface area (Å²) in [5.74, 6) is -5.17. The lowest BCUT2D eigenvalue weighted by Crippen LogP contribution is -2.58. The molecular formula is C32H39N5O9. The number of aromatic hydroxyl groups is 1. The van der Waals surface area contributed by atoms with Crippen molar-refractivity contribution in [2.75, 3.05) is 13.1 Å². The van der Waals surface area contributed by atoms with Gasteiger partial charge >= 0.3 is 11.9 Å². The monoisotopic (exact) mass is 637 g/mol. The molecule has 0 saturated carbocycles. The molecule has 2 fully saturated rings. The van der Waals surface area contributed by atoms with Gasteiger partial charge in [-0.3, -0.25) is 24.0 Å². The summed E-state index contributed by atoms with van der Waals surface area (Å²) < 4.78 is 0. The average molecular weight is 638 g/mol. The lowest BCUT2D eigenvalue weighted by molar-refractivity contribution is -0.150. The van der Waals surface area contributed by atoms with Gasteiger partial charge in [0.2, 0.25) is 23.6 Å². The van der Waals surface area contributed by atoms with E-state index in [4.69, 9.17) is 5.73 Å². The van der Waals surface area contributed by atoms with Crippen LogP contribution in [0.1, 0.15) is 43.2 Å². The van der Waals surface area contributed by atoms with Crippen molar-refractivity contribution in [2.45, 2.75) is 75.2 Å². The molecule has 0 unspecified atom stereocenters. The highest BCUT2D eigenvalue weighted by molar-refractivity contribution is 5.97. The van der Waals surface area contributed by atoms with Crippen LogP contribution >= 0.6 is 0 Å². The van der Waals surface area contributed by atoms with Gasteiger partial charge in [-0.2, -0.15) is 0 Å². The average Bonchev–Trinajstić information content (AvgIpc) is 3.72. The number of phenolic OH excluding ortho intramolecular Hbond substituents is 1. The zero-order valence-corrected chi connectivity index (χ0v) is 25.2. The summed E-state index contributed by atoms with van der Waals surface area (Å²) in [6, 6.07) is 9.14.